The zero-order chi connectivity index (χ0) is 16.2. The summed E-state index contributed by atoms with van der Waals surface area (Å²) in [6, 6.07) is 8.34. The molecule has 0 bridgehead atoms. The van der Waals surface area contributed by atoms with E-state index in [0.29, 0.717) is 6.42 Å². The summed E-state index contributed by atoms with van der Waals surface area (Å²) >= 11 is 5.68. The molecule has 0 aliphatic heterocycles. The second-order valence-electron chi connectivity index (χ2n) is 7.02. The van der Waals surface area contributed by atoms with Crippen LogP contribution in [0.2, 0.25) is 0 Å². The molecule has 1 N–H and O–H groups in total. The van der Waals surface area contributed by atoms with Crippen molar-refractivity contribution in [3.63, 3.8) is 0 Å². The Balaban J connectivity index is 2.18. The van der Waals surface area contributed by atoms with Crippen molar-refractivity contribution in [1.82, 2.24) is 0 Å². The summed E-state index contributed by atoms with van der Waals surface area (Å²) in [5.41, 5.74) is 5.57. The number of aliphatic hydroxyl groups excluding tert-OH is 1. The fraction of sp³-hybridized carbons (Fsp3) is 0.500. The fourth-order valence-corrected chi connectivity index (χ4v) is 3.45. The molecule has 2 rings (SSSR count). The molecule has 1 aliphatic carbocycles. The van der Waals surface area contributed by atoms with E-state index in [0.717, 1.165) is 5.56 Å². The Morgan fingerprint density at radius 1 is 1.32 bits per heavy atom. The summed E-state index contributed by atoms with van der Waals surface area (Å²) in [6.07, 6.45) is 8.38. The summed E-state index contributed by atoms with van der Waals surface area (Å²) < 4.78 is 0. The summed E-state index contributed by atoms with van der Waals surface area (Å²) in [5.74, 6) is 0.278. The van der Waals surface area contributed by atoms with Gasteiger partial charge in [-0.3, -0.25) is 0 Å². The number of allylic oxidation sites excluding steroid dienone is 3. The maximum absolute atomic E-state index is 9.68. The van der Waals surface area contributed by atoms with Crippen molar-refractivity contribution in [2.75, 3.05) is 5.88 Å². The number of hydrogen-bond donors (Lipinski definition) is 1. The largest absolute Gasteiger partial charge is 0.392 e. The first-order chi connectivity index (χ1) is 10.4. The highest BCUT2D eigenvalue weighted by Gasteiger charge is 2.26. The van der Waals surface area contributed by atoms with Crippen molar-refractivity contribution < 1.29 is 5.11 Å². The first kappa shape index (κ1) is 17.3. The predicted octanol–water partition coefficient (Wildman–Crippen LogP) is 5.37. The molecule has 1 aliphatic rings. The summed E-state index contributed by atoms with van der Waals surface area (Å²) in [5, 5.41) is 9.68. The van der Waals surface area contributed by atoms with Gasteiger partial charge in [0.05, 0.1) is 6.10 Å². The molecular weight excluding hydrogens is 292 g/mol. The van der Waals surface area contributed by atoms with Crippen LogP contribution in [0.25, 0.3) is 6.08 Å². The van der Waals surface area contributed by atoms with Crippen molar-refractivity contribution in [3.8, 4) is 0 Å². The van der Waals surface area contributed by atoms with Crippen LogP contribution in [0, 0.1) is 5.41 Å². The van der Waals surface area contributed by atoms with E-state index < -0.39 is 6.10 Å². The number of hydrogen-bond acceptors (Lipinski definition) is 1. The van der Waals surface area contributed by atoms with Crippen LogP contribution in [0.15, 0.2) is 41.5 Å². The van der Waals surface area contributed by atoms with E-state index in [-0.39, 0.29) is 11.3 Å². The SMILES string of the molecule is CC1=C(C=Cc2cccc(CC(O)CCl)c2)C(C)(C)CCC1. The van der Waals surface area contributed by atoms with Gasteiger partial charge in [-0.1, -0.05) is 55.8 Å². The van der Waals surface area contributed by atoms with Gasteiger partial charge in [-0.25, -0.2) is 0 Å². The van der Waals surface area contributed by atoms with Crippen molar-refractivity contribution in [1.29, 1.82) is 0 Å². The Morgan fingerprint density at radius 2 is 2.09 bits per heavy atom. The third kappa shape index (κ3) is 4.47. The van der Waals surface area contributed by atoms with E-state index in [1.807, 2.05) is 12.1 Å². The minimum Gasteiger partial charge on any atom is -0.392 e. The fourth-order valence-electron chi connectivity index (χ4n) is 3.34. The van der Waals surface area contributed by atoms with E-state index in [1.165, 1.54) is 36.0 Å². The van der Waals surface area contributed by atoms with Gasteiger partial charge in [0.25, 0.3) is 0 Å². The van der Waals surface area contributed by atoms with Gasteiger partial charge in [0.15, 0.2) is 0 Å². The average molecular weight is 319 g/mol. The molecule has 1 aromatic rings. The normalized spacial score (nSPS) is 19.7. The molecule has 1 atom stereocenters. The van der Waals surface area contributed by atoms with E-state index in [1.54, 1.807) is 0 Å². The van der Waals surface area contributed by atoms with E-state index >= 15 is 0 Å². The van der Waals surface area contributed by atoms with Gasteiger partial charge in [-0.05, 0) is 54.7 Å². The molecule has 0 fully saturated rings. The monoisotopic (exact) mass is 318 g/mol. The molecule has 0 saturated heterocycles. The Kier molecular flexibility index (Phi) is 5.88. The minimum absolute atomic E-state index is 0.269. The van der Waals surface area contributed by atoms with Crippen molar-refractivity contribution in [3.05, 3.63) is 52.6 Å². The van der Waals surface area contributed by atoms with Gasteiger partial charge in [0.2, 0.25) is 0 Å². The van der Waals surface area contributed by atoms with Crippen LogP contribution in [0.3, 0.4) is 0 Å². The maximum Gasteiger partial charge on any atom is 0.0715 e. The maximum atomic E-state index is 9.68. The molecule has 2 heteroatoms. The molecule has 1 aromatic carbocycles. The topological polar surface area (TPSA) is 20.2 Å². The molecule has 0 aromatic heterocycles. The summed E-state index contributed by atoms with van der Waals surface area (Å²) in [6.45, 7) is 6.93. The predicted molar refractivity (Wildman–Crippen MR) is 96.2 cm³/mol. The smallest absolute Gasteiger partial charge is 0.0715 e. The highest BCUT2D eigenvalue weighted by molar-refractivity contribution is 6.18. The van der Waals surface area contributed by atoms with Crippen LogP contribution in [0.5, 0.6) is 0 Å². The highest BCUT2D eigenvalue weighted by atomic mass is 35.5. The van der Waals surface area contributed by atoms with Crippen LogP contribution in [-0.4, -0.2) is 17.1 Å². The van der Waals surface area contributed by atoms with Gasteiger partial charge in [-0.15, -0.1) is 11.6 Å². The molecule has 0 amide bonds. The molecule has 22 heavy (non-hydrogen) atoms. The molecule has 120 valence electrons. The zero-order valence-electron chi connectivity index (χ0n) is 13.9. The van der Waals surface area contributed by atoms with E-state index in [9.17, 15) is 5.11 Å². The first-order valence-electron chi connectivity index (χ1n) is 8.13. The standard InChI is InChI=1S/C20H27ClO/c1-15-6-5-11-20(2,3)19(15)10-9-16-7-4-8-17(12-16)13-18(22)14-21/h4,7-10,12,18,22H,5-6,11,13-14H2,1-3H3. The quantitative estimate of drug-likeness (QED) is 0.724. The van der Waals surface area contributed by atoms with Crippen molar-refractivity contribution >= 4 is 17.7 Å². The summed E-state index contributed by atoms with van der Waals surface area (Å²) in [4.78, 5) is 0. The second kappa shape index (κ2) is 7.48. The van der Waals surface area contributed by atoms with Gasteiger partial charge < -0.3 is 5.11 Å². The van der Waals surface area contributed by atoms with Crippen LogP contribution >= 0.6 is 11.6 Å². The minimum atomic E-state index is -0.469. The van der Waals surface area contributed by atoms with Crippen molar-refractivity contribution in [2.45, 2.75) is 52.6 Å². The number of benzene rings is 1. The van der Waals surface area contributed by atoms with Gasteiger partial charge in [0.1, 0.15) is 0 Å². The lowest BCUT2D eigenvalue weighted by atomic mass is 9.72. The zero-order valence-corrected chi connectivity index (χ0v) is 14.7. The molecule has 0 radical (unpaired) electrons. The van der Waals surface area contributed by atoms with Crippen molar-refractivity contribution in [2.24, 2.45) is 5.41 Å². The molecule has 1 unspecified atom stereocenters. The molecule has 0 heterocycles. The lowest BCUT2D eigenvalue weighted by Crippen LogP contribution is -2.18. The number of halogens is 1. The Hall–Kier alpha value is -1.05. The van der Waals surface area contributed by atoms with Gasteiger partial charge in [-0.2, -0.15) is 0 Å². The average Bonchev–Trinajstić information content (AvgIpc) is 2.46. The molecule has 1 nitrogen and oxygen atoms in total. The number of rotatable bonds is 5. The van der Waals surface area contributed by atoms with Gasteiger partial charge in [0, 0.05) is 5.88 Å². The highest BCUT2D eigenvalue weighted by Crippen LogP contribution is 2.40. The third-order valence-corrected chi connectivity index (χ3v) is 4.94. The Morgan fingerprint density at radius 3 is 2.77 bits per heavy atom. The van der Waals surface area contributed by atoms with Crippen LogP contribution in [0.4, 0.5) is 0 Å². The van der Waals surface area contributed by atoms with Crippen LogP contribution in [0.1, 0.15) is 51.2 Å². The van der Waals surface area contributed by atoms with E-state index in [2.05, 4.69) is 45.1 Å². The number of alkyl halides is 1. The molecular formula is C20H27ClO. The van der Waals surface area contributed by atoms with E-state index in [4.69, 9.17) is 11.6 Å². The first-order valence-corrected chi connectivity index (χ1v) is 8.67. The lowest BCUT2D eigenvalue weighted by molar-refractivity contribution is 0.199. The summed E-state index contributed by atoms with van der Waals surface area (Å²) in [7, 11) is 0. The Bertz CT molecular complexity index is 569. The lowest BCUT2D eigenvalue weighted by Gasteiger charge is -2.32. The number of aliphatic hydroxyl groups is 1. The van der Waals surface area contributed by atoms with Crippen LogP contribution < -0.4 is 0 Å². The third-order valence-electron chi connectivity index (χ3n) is 4.59. The Labute approximate surface area is 139 Å². The van der Waals surface area contributed by atoms with Crippen LogP contribution in [-0.2, 0) is 6.42 Å². The van der Waals surface area contributed by atoms with Gasteiger partial charge >= 0.3 is 0 Å². The molecule has 0 saturated carbocycles. The second-order valence-corrected chi connectivity index (χ2v) is 7.33. The molecule has 0 spiro atoms.